The first-order chi connectivity index (χ1) is 6.31. The maximum Gasteiger partial charge on any atom is 0.147 e. The van der Waals surface area contributed by atoms with E-state index >= 15 is 0 Å². The molecule has 13 heavy (non-hydrogen) atoms. The quantitative estimate of drug-likeness (QED) is 0.744. The highest BCUT2D eigenvalue weighted by Crippen LogP contribution is 2.08. The van der Waals surface area contributed by atoms with E-state index in [9.17, 15) is 0 Å². The van der Waals surface area contributed by atoms with Gasteiger partial charge < -0.3 is 10.6 Å². The molecule has 0 saturated carbocycles. The first-order valence-electron chi connectivity index (χ1n) is 4.57. The minimum atomic E-state index is 0.447. The van der Waals surface area contributed by atoms with Crippen molar-refractivity contribution in [1.82, 2.24) is 9.97 Å². The average molecular weight is 180 g/mol. The van der Waals surface area contributed by atoms with Gasteiger partial charge in [-0.05, 0) is 13.8 Å². The summed E-state index contributed by atoms with van der Waals surface area (Å²) < 4.78 is 0. The van der Waals surface area contributed by atoms with Crippen LogP contribution < -0.4 is 10.6 Å². The number of nitrogens with zero attached hydrogens (tertiary/aromatic N) is 3. The molecule has 1 heterocycles. The van der Waals surface area contributed by atoms with Crippen molar-refractivity contribution in [2.75, 3.05) is 18.0 Å². The van der Waals surface area contributed by atoms with E-state index in [-0.39, 0.29) is 0 Å². The summed E-state index contributed by atoms with van der Waals surface area (Å²) in [5.74, 6) is 0.910. The molecule has 0 bridgehead atoms. The average Bonchev–Trinajstić information content (AvgIpc) is 2.20. The Morgan fingerprint density at radius 2 is 2.00 bits per heavy atom. The first-order valence-corrected chi connectivity index (χ1v) is 4.57. The Morgan fingerprint density at radius 3 is 2.54 bits per heavy atom. The van der Waals surface area contributed by atoms with Crippen molar-refractivity contribution in [2.45, 2.75) is 20.4 Å². The summed E-state index contributed by atoms with van der Waals surface area (Å²) in [6.07, 6.45) is 3.47. The van der Waals surface area contributed by atoms with Gasteiger partial charge in [-0.25, -0.2) is 4.98 Å². The molecule has 0 atom stereocenters. The zero-order valence-electron chi connectivity index (χ0n) is 8.20. The standard InChI is InChI=1S/C9H16N4/c1-3-13(4-2)9-7-11-6-8(5-10)12-9/h6-7H,3-5,10H2,1-2H3. The Hall–Kier alpha value is -1.16. The van der Waals surface area contributed by atoms with E-state index in [1.54, 1.807) is 12.4 Å². The summed E-state index contributed by atoms with van der Waals surface area (Å²) in [5.41, 5.74) is 6.32. The van der Waals surface area contributed by atoms with Crippen molar-refractivity contribution < 1.29 is 0 Å². The predicted octanol–water partition coefficient (Wildman–Crippen LogP) is 0.781. The van der Waals surface area contributed by atoms with Crippen molar-refractivity contribution >= 4 is 5.82 Å². The molecule has 0 aliphatic heterocycles. The van der Waals surface area contributed by atoms with Crippen LogP contribution in [-0.2, 0) is 6.54 Å². The van der Waals surface area contributed by atoms with E-state index < -0.39 is 0 Å². The molecule has 1 aromatic rings. The maximum atomic E-state index is 5.48. The summed E-state index contributed by atoms with van der Waals surface area (Å²) in [6.45, 7) is 6.53. The Kier molecular flexibility index (Phi) is 3.64. The highest BCUT2D eigenvalue weighted by molar-refractivity contribution is 5.35. The fraction of sp³-hybridized carbons (Fsp3) is 0.556. The zero-order valence-corrected chi connectivity index (χ0v) is 8.20. The summed E-state index contributed by atoms with van der Waals surface area (Å²) in [5, 5.41) is 0. The summed E-state index contributed by atoms with van der Waals surface area (Å²) in [4.78, 5) is 10.6. The van der Waals surface area contributed by atoms with Crippen molar-refractivity contribution in [3.63, 3.8) is 0 Å². The van der Waals surface area contributed by atoms with Crippen molar-refractivity contribution in [1.29, 1.82) is 0 Å². The van der Waals surface area contributed by atoms with Gasteiger partial charge in [0.1, 0.15) is 5.82 Å². The molecule has 0 fully saturated rings. The summed E-state index contributed by atoms with van der Waals surface area (Å²) >= 11 is 0. The van der Waals surface area contributed by atoms with Crippen LogP contribution in [0.4, 0.5) is 5.82 Å². The van der Waals surface area contributed by atoms with Crippen LogP contribution in [0.3, 0.4) is 0 Å². The van der Waals surface area contributed by atoms with E-state index in [4.69, 9.17) is 5.73 Å². The zero-order chi connectivity index (χ0) is 9.68. The third-order valence-electron chi connectivity index (χ3n) is 1.97. The molecular formula is C9H16N4. The van der Waals surface area contributed by atoms with Crippen LogP contribution in [0.25, 0.3) is 0 Å². The maximum absolute atomic E-state index is 5.48. The topological polar surface area (TPSA) is 55.0 Å². The van der Waals surface area contributed by atoms with Crippen LogP contribution in [0, 0.1) is 0 Å². The molecule has 0 aromatic carbocycles. The monoisotopic (exact) mass is 180 g/mol. The SMILES string of the molecule is CCN(CC)c1cncc(CN)n1. The molecule has 0 amide bonds. The molecule has 0 aliphatic carbocycles. The van der Waals surface area contributed by atoms with Gasteiger partial charge in [0.15, 0.2) is 0 Å². The lowest BCUT2D eigenvalue weighted by atomic mass is 10.4. The normalized spacial score (nSPS) is 10.1. The molecule has 0 aliphatic rings. The lowest BCUT2D eigenvalue weighted by Crippen LogP contribution is -2.23. The van der Waals surface area contributed by atoms with Crippen LogP contribution in [0.15, 0.2) is 12.4 Å². The molecule has 0 radical (unpaired) electrons. The number of nitrogens with two attached hydrogens (primary N) is 1. The van der Waals surface area contributed by atoms with Crippen molar-refractivity contribution in [3.05, 3.63) is 18.1 Å². The van der Waals surface area contributed by atoms with Crippen molar-refractivity contribution in [3.8, 4) is 0 Å². The largest absolute Gasteiger partial charge is 0.356 e. The third kappa shape index (κ3) is 2.39. The molecule has 1 rings (SSSR count). The number of anilines is 1. The highest BCUT2D eigenvalue weighted by atomic mass is 15.2. The van der Waals surface area contributed by atoms with Gasteiger partial charge in [0, 0.05) is 25.8 Å². The molecule has 1 aromatic heterocycles. The predicted molar refractivity (Wildman–Crippen MR) is 53.5 cm³/mol. The van der Waals surface area contributed by atoms with E-state index in [1.807, 2.05) is 0 Å². The second kappa shape index (κ2) is 4.77. The fourth-order valence-corrected chi connectivity index (χ4v) is 1.19. The van der Waals surface area contributed by atoms with Gasteiger partial charge in [0.05, 0.1) is 11.9 Å². The van der Waals surface area contributed by atoms with Gasteiger partial charge in [-0.15, -0.1) is 0 Å². The molecule has 2 N–H and O–H groups in total. The van der Waals surface area contributed by atoms with Crippen LogP contribution in [-0.4, -0.2) is 23.1 Å². The van der Waals surface area contributed by atoms with Crippen LogP contribution in [0.2, 0.25) is 0 Å². The molecule has 4 heteroatoms. The number of rotatable bonds is 4. The second-order valence-electron chi connectivity index (χ2n) is 2.75. The summed E-state index contributed by atoms with van der Waals surface area (Å²) in [7, 11) is 0. The van der Waals surface area contributed by atoms with Crippen molar-refractivity contribution in [2.24, 2.45) is 5.73 Å². The first kappa shape index (κ1) is 9.92. The van der Waals surface area contributed by atoms with Gasteiger partial charge in [-0.2, -0.15) is 0 Å². The van der Waals surface area contributed by atoms with Gasteiger partial charge in [0.25, 0.3) is 0 Å². The van der Waals surface area contributed by atoms with Gasteiger partial charge in [-0.3, -0.25) is 4.98 Å². The van der Waals surface area contributed by atoms with Gasteiger partial charge in [0.2, 0.25) is 0 Å². The number of aromatic nitrogens is 2. The van der Waals surface area contributed by atoms with E-state index in [1.165, 1.54) is 0 Å². The fourth-order valence-electron chi connectivity index (χ4n) is 1.19. The minimum Gasteiger partial charge on any atom is -0.356 e. The van der Waals surface area contributed by atoms with E-state index in [0.29, 0.717) is 6.54 Å². The molecule has 0 unspecified atom stereocenters. The lowest BCUT2D eigenvalue weighted by Gasteiger charge is -2.19. The Morgan fingerprint density at radius 1 is 1.31 bits per heavy atom. The summed E-state index contributed by atoms with van der Waals surface area (Å²) in [6, 6.07) is 0. The molecule has 72 valence electrons. The van der Waals surface area contributed by atoms with Crippen LogP contribution in [0.5, 0.6) is 0 Å². The van der Waals surface area contributed by atoms with Crippen LogP contribution in [0.1, 0.15) is 19.5 Å². The Bertz CT molecular complexity index is 258. The minimum absolute atomic E-state index is 0.447. The van der Waals surface area contributed by atoms with E-state index in [2.05, 4.69) is 28.7 Å². The molecule has 0 spiro atoms. The Balaban J connectivity index is 2.86. The van der Waals surface area contributed by atoms with Crippen LogP contribution >= 0.6 is 0 Å². The Labute approximate surface area is 78.8 Å². The van der Waals surface area contributed by atoms with Gasteiger partial charge >= 0.3 is 0 Å². The molecule has 4 nitrogen and oxygen atoms in total. The number of hydrogen-bond acceptors (Lipinski definition) is 4. The lowest BCUT2D eigenvalue weighted by molar-refractivity contribution is 0.825. The smallest absolute Gasteiger partial charge is 0.147 e. The molecule has 0 saturated heterocycles. The third-order valence-corrected chi connectivity index (χ3v) is 1.97. The van der Waals surface area contributed by atoms with Gasteiger partial charge in [-0.1, -0.05) is 0 Å². The second-order valence-corrected chi connectivity index (χ2v) is 2.75. The highest BCUT2D eigenvalue weighted by Gasteiger charge is 2.03. The molecular weight excluding hydrogens is 164 g/mol. The van der Waals surface area contributed by atoms with E-state index in [0.717, 1.165) is 24.6 Å². The number of hydrogen-bond donors (Lipinski definition) is 1.